The fourth-order valence-corrected chi connectivity index (χ4v) is 6.55. The number of aldehydes is 1. The van der Waals surface area contributed by atoms with Gasteiger partial charge in [-0.2, -0.15) is 5.10 Å². The highest BCUT2D eigenvalue weighted by atomic mass is 16.6. The molecule has 1 aliphatic heterocycles. The first-order chi connectivity index (χ1) is 28.7. The molecule has 1 saturated heterocycles. The van der Waals surface area contributed by atoms with Gasteiger partial charge in [0.2, 0.25) is 11.9 Å². The van der Waals surface area contributed by atoms with Gasteiger partial charge in [-0.1, -0.05) is 24.3 Å². The number of likely N-dealkylation sites (tertiary alicyclic amines) is 1. The van der Waals surface area contributed by atoms with Crippen LogP contribution in [-0.2, 0) is 17.8 Å². The number of nitrogens with two attached hydrogens (primary N) is 3. The van der Waals surface area contributed by atoms with Crippen LogP contribution in [0.5, 0.6) is 11.5 Å². The van der Waals surface area contributed by atoms with Crippen molar-refractivity contribution in [2.24, 2.45) is 11.5 Å². The van der Waals surface area contributed by atoms with Gasteiger partial charge in [-0.3, -0.25) is 29.3 Å². The lowest BCUT2D eigenvalue weighted by Crippen LogP contribution is -2.46. The molecule has 1 aliphatic rings. The number of benzene rings is 2. The summed E-state index contributed by atoms with van der Waals surface area (Å²) >= 11 is 0. The van der Waals surface area contributed by atoms with E-state index in [1.807, 2.05) is 58.9 Å². The minimum atomic E-state index is -0.642. The number of hydrogen-bond acceptors (Lipinski definition) is 13. The number of aryl methyl sites for hydroxylation is 2. The Kier molecular flexibility index (Phi) is 16.6. The number of allylic oxidation sites excluding steroid dienone is 1. The van der Waals surface area contributed by atoms with Crippen molar-refractivity contribution in [2.45, 2.75) is 72.2 Å². The molecule has 18 nitrogen and oxygen atoms in total. The van der Waals surface area contributed by atoms with Crippen molar-refractivity contribution in [1.29, 1.82) is 0 Å². The molecule has 1 fully saturated rings. The highest BCUT2D eigenvalue weighted by Gasteiger charge is 2.24. The van der Waals surface area contributed by atoms with Crippen molar-refractivity contribution in [3.8, 4) is 11.5 Å². The normalized spacial score (nSPS) is 13.5. The van der Waals surface area contributed by atoms with Crippen LogP contribution in [0.15, 0.2) is 54.6 Å². The number of nitrogens with zero attached hydrogens (tertiary/aromatic N) is 5. The lowest BCUT2D eigenvalue weighted by Gasteiger charge is -2.32. The van der Waals surface area contributed by atoms with Crippen molar-refractivity contribution in [2.75, 3.05) is 63.3 Å². The zero-order valence-electron chi connectivity index (χ0n) is 35.5. The standard InChI is InChI=1S/C41H54N10O7.CH5N/c1-7-51-32(20-26(2)48-51)38(54)47-39-46-31-23-28(37(43)53)24-34(56-6)36(31)50(39)16-9-8-14-44-35-30(42)21-27(25-52)22-33(35)57-19-11-10-15-49-17-12-29(13-18-49)45-40(55)58-41(3,4)5;1-2/h8-11,20-25,29,44H,7,12-19,42H2,1-6H3,(H2,43,53)(H,45,55)(H,46,47,54);2H2,1H3/b9-8+,11-10+;. The quantitative estimate of drug-likeness (QED) is 0.0489. The number of imidazole rings is 1. The molecule has 324 valence electrons. The fourth-order valence-electron chi connectivity index (χ4n) is 6.55. The monoisotopic (exact) mass is 829 g/mol. The number of primary amides is 1. The van der Waals surface area contributed by atoms with E-state index in [1.165, 1.54) is 20.2 Å². The molecule has 4 aromatic rings. The summed E-state index contributed by atoms with van der Waals surface area (Å²) in [5.74, 6) is -0.0233. The number of carbonyl (C=O) groups excluding carboxylic acids is 4. The summed E-state index contributed by atoms with van der Waals surface area (Å²) in [6.07, 6.45) is 9.70. The van der Waals surface area contributed by atoms with E-state index in [-0.39, 0.29) is 36.8 Å². The van der Waals surface area contributed by atoms with Gasteiger partial charge in [0, 0.05) is 56.4 Å². The predicted octanol–water partition coefficient (Wildman–Crippen LogP) is 4.48. The first-order valence-electron chi connectivity index (χ1n) is 19.8. The number of amides is 3. The molecule has 0 radical (unpaired) electrons. The topological polar surface area (TPSA) is 249 Å². The third-order valence-electron chi connectivity index (χ3n) is 9.29. The Labute approximate surface area is 350 Å². The average molecular weight is 830 g/mol. The smallest absolute Gasteiger partial charge is 0.407 e. The van der Waals surface area contributed by atoms with Gasteiger partial charge in [-0.15, -0.1) is 0 Å². The van der Waals surface area contributed by atoms with Crippen LogP contribution in [0.25, 0.3) is 11.0 Å². The number of hydrogen-bond donors (Lipinski definition) is 6. The number of alkyl carbamates (subject to hydrolysis) is 1. The fraction of sp³-hybridized carbons (Fsp3) is 0.429. The predicted molar refractivity (Wildman–Crippen MR) is 233 cm³/mol. The van der Waals surface area contributed by atoms with Crippen LogP contribution in [-0.4, -0.2) is 107 Å². The maximum absolute atomic E-state index is 13.4. The maximum atomic E-state index is 13.4. The van der Waals surface area contributed by atoms with E-state index in [1.54, 1.807) is 33.5 Å². The zero-order chi connectivity index (χ0) is 44.0. The van der Waals surface area contributed by atoms with E-state index in [0.29, 0.717) is 70.2 Å². The summed E-state index contributed by atoms with van der Waals surface area (Å²) in [4.78, 5) is 56.3. The van der Waals surface area contributed by atoms with Crippen molar-refractivity contribution < 1.29 is 33.4 Å². The molecule has 2 aromatic heterocycles. The van der Waals surface area contributed by atoms with Gasteiger partial charge in [-0.05, 0) is 84.8 Å². The Morgan fingerprint density at radius 1 is 0.983 bits per heavy atom. The Morgan fingerprint density at radius 3 is 2.35 bits per heavy atom. The minimum Gasteiger partial charge on any atom is -0.494 e. The molecule has 18 heteroatoms. The summed E-state index contributed by atoms with van der Waals surface area (Å²) < 4.78 is 20.5. The van der Waals surface area contributed by atoms with E-state index in [2.05, 4.69) is 36.7 Å². The molecular weight excluding hydrogens is 771 g/mol. The summed E-state index contributed by atoms with van der Waals surface area (Å²) in [6.45, 7) is 13.0. The number of carbonyl (C=O) groups is 4. The summed E-state index contributed by atoms with van der Waals surface area (Å²) in [5, 5.41) is 13.5. The second-order valence-electron chi connectivity index (χ2n) is 14.9. The number of fused-ring (bicyclic) bond motifs is 1. The largest absolute Gasteiger partial charge is 0.494 e. The third kappa shape index (κ3) is 12.6. The lowest BCUT2D eigenvalue weighted by atomic mass is 10.1. The van der Waals surface area contributed by atoms with Gasteiger partial charge in [0.15, 0.2) is 0 Å². The van der Waals surface area contributed by atoms with Crippen LogP contribution in [0.2, 0.25) is 0 Å². The van der Waals surface area contributed by atoms with Gasteiger partial charge >= 0.3 is 6.09 Å². The molecule has 0 saturated carbocycles. The summed E-state index contributed by atoms with van der Waals surface area (Å²) in [6, 6.07) is 8.08. The van der Waals surface area contributed by atoms with Gasteiger partial charge in [0.25, 0.3) is 5.91 Å². The molecule has 0 unspecified atom stereocenters. The number of anilines is 3. The molecule has 0 aliphatic carbocycles. The maximum Gasteiger partial charge on any atom is 0.407 e. The Hall–Kier alpha value is -6.40. The number of methoxy groups -OCH3 is 1. The molecule has 0 bridgehead atoms. The molecular formula is C42H59N11O7. The van der Waals surface area contributed by atoms with Crippen molar-refractivity contribution in [3.05, 3.63) is 77.2 Å². The Bertz CT molecular complexity index is 2180. The molecule has 3 heterocycles. The number of aromatic nitrogens is 4. The van der Waals surface area contributed by atoms with Gasteiger partial charge in [0.1, 0.15) is 46.9 Å². The van der Waals surface area contributed by atoms with E-state index in [9.17, 15) is 19.2 Å². The molecule has 3 amide bonds. The van der Waals surface area contributed by atoms with Crippen LogP contribution in [0.3, 0.4) is 0 Å². The summed E-state index contributed by atoms with van der Waals surface area (Å²) in [7, 11) is 2.98. The number of ether oxygens (including phenoxy) is 3. The van der Waals surface area contributed by atoms with E-state index in [0.717, 1.165) is 32.5 Å². The van der Waals surface area contributed by atoms with Crippen LogP contribution in [0, 0.1) is 6.92 Å². The number of rotatable bonds is 17. The van der Waals surface area contributed by atoms with Gasteiger partial charge in [-0.25, -0.2) is 9.78 Å². The first-order valence-corrected chi connectivity index (χ1v) is 19.8. The van der Waals surface area contributed by atoms with E-state index >= 15 is 0 Å². The minimum absolute atomic E-state index is 0.0826. The first kappa shape index (κ1) is 46.3. The van der Waals surface area contributed by atoms with E-state index in [4.69, 9.17) is 25.7 Å². The van der Waals surface area contributed by atoms with Crippen molar-refractivity contribution in [1.82, 2.24) is 29.5 Å². The van der Waals surface area contributed by atoms with Crippen molar-refractivity contribution in [3.63, 3.8) is 0 Å². The number of piperidine rings is 1. The van der Waals surface area contributed by atoms with Crippen molar-refractivity contribution >= 4 is 52.6 Å². The molecule has 0 spiro atoms. The highest BCUT2D eigenvalue weighted by molar-refractivity contribution is 6.04. The van der Waals surface area contributed by atoms with Crippen LogP contribution >= 0.6 is 0 Å². The lowest BCUT2D eigenvalue weighted by molar-refractivity contribution is 0.0480. The second kappa shape index (κ2) is 21.6. The third-order valence-corrected chi connectivity index (χ3v) is 9.29. The Balaban J connectivity index is 0.00000391. The molecule has 5 rings (SSSR count). The number of nitrogen functional groups attached to an aromatic ring is 1. The highest BCUT2D eigenvalue weighted by Crippen LogP contribution is 2.33. The second-order valence-corrected chi connectivity index (χ2v) is 14.9. The van der Waals surface area contributed by atoms with Crippen LogP contribution < -0.4 is 42.6 Å². The average Bonchev–Trinajstić information content (AvgIpc) is 3.77. The molecule has 60 heavy (non-hydrogen) atoms. The number of nitrogens with one attached hydrogen (secondary N) is 3. The van der Waals surface area contributed by atoms with Crippen LogP contribution in [0.4, 0.5) is 22.1 Å². The van der Waals surface area contributed by atoms with E-state index < -0.39 is 17.4 Å². The molecule has 2 aromatic carbocycles. The molecule has 0 atom stereocenters. The van der Waals surface area contributed by atoms with Gasteiger partial charge < -0.3 is 46.6 Å². The zero-order valence-corrected chi connectivity index (χ0v) is 35.5. The SMILES string of the molecule is CCn1nc(C)cc1C(=O)Nc1nc2cc(C(N)=O)cc(OC)c2n1C/C=C/CNc1c(N)cc(C=O)cc1OC/C=C/CN1CCC(NC(=O)OC(C)(C)C)CC1.CN. The Morgan fingerprint density at radius 2 is 1.70 bits per heavy atom. The summed E-state index contributed by atoms with van der Waals surface area (Å²) in [5.41, 5.74) is 19.4. The van der Waals surface area contributed by atoms with Gasteiger partial charge in [0.05, 0.1) is 24.0 Å². The van der Waals surface area contributed by atoms with Crippen LogP contribution in [0.1, 0.15) is 77.4 Å². The molecule has 9 N–H and O–H groups in total.